The van der Waals surface area contributed by atoms with Crippen LogP contribution in [0.3, 0.4) is 0 Å². The lowest BCUT2D eigenvalue weighted by Crippen LogP contribution is -2.20. The van der Waals surface area contributed by atoms with Crippen LogP contribution in [0.25, 0.3) is 0 Å². The normalized spacial score (nSPS) is 16.1. The Morgan fingerprint density at radius 3 is 2.71 bits per heavy atom. The summed E-state index contributed by atoms with van der Waals surface area (Å²) in [6, 6.07) is 11.3. The van der Waals surface area contributed by atoms with E-state index in [0.717, 1.165) is 5.56 Å². The molecule has 0 N–H and O–H groups in total. The number of hydrogen-bond donors (Lipinski definition) is 0. The van der Waals surface area contributed by atoms with E-state index in [0.29, 0.717) is 23.7 Å². The summed E-state index contributed by atoms with van der Waals surface area (Å²) in [5.74, 6) is 0.867. The van der Waals surface area contributed by atoms with E-state index >= 15 is 0 Å². The molecule has 0 amide bonds. The molecule has 1 aliphatic rings. The zero-order valence-electron chi connectivity index (χ0n) is 13.7. The molecule has 24 heavy (non-hydrogen) atoms. The predicted molar refractivity (Wildman–Crippen MR) is 90.1 cm³/mol. The Hall–Kier alpha value is -2.62. The van der Waals surface area contributed by atoms with Crippen LogP contribution in [-0.4, -0.2) is 12.4 Å². The van der Waals surface area contributed by atoms with Gasteiger partial charge in [0.1, 0.15) is 30.0 Å². The second kappa shape index (κ2) is 6.87. The number of fused-ring (bicyclic) bond motifs is 1. The highest BCUT2D eigenvalue weighted by molar-refractivity contribution is 6.00. The van der Waals surface area contributed by atoms with E-state index in [2.05, 4.69) is 0 Å². The van der Waals surface area contributed by atoms with Gasteiger partial charge >= 0.3 is 0 Å². The van der Waals surface area contributed by atoms with Gasteiger partial charge in [-0.2, -0.15) is 0 Å². The molecule has 0 aromatic heterocycles. The standard InChI is InChI=1S/C20H19FO3/c1-13(2)9-10-23-16-7-8-17-18(22)12-19(24-20(17)11-16)14-3-5-15(21)6-4-14/h3-9,11,19H,10,12H2,1-2H3. The van der Waals surface area contributed by atoms with Gasteiger partial charge in [0.15, 0.2) is 5.78 Å². The van der Waals surface area contributed by atoms with Gasteiger partial charge in [-0.25, -0.2) is 4.39 Å². The summed E-state index contributed by atoms with van der Waals surface area (Å²) in [5, 5.41) is 0. The number of allylic oxidation sites excluding steroid dienone is 1. The minimum atomic E-state index is -0.404. The van der Waals surface area contributed by atoms with Crippen LogP contribution in [0.5, 0.6) is 11.5 Å². The maximum Gasteiger partial charge on any atom is 0.170 e. The summed E-state index contributed by atoms with van der Waals surface area (Å²) in [6.45, 7) is 4.48. The van der Waals surface area contributed by atoms with Gasteiger partial charge in [0.05, 0.1) is 12.0 Å². The molecule has 0 saturated heterocycles. The number of ether oxygens (including phenoxy) is 2. The zero-order chi connectivity index (χ0) is 17.1. The van der Waals surface area contributed by atoms with Gasteiger partial charge < -0.3 is 9.47 Å². The zero-order valence-corrected chi connectivity index (χ0v) is 13.7. The average Bonchev–Trinajstić information content (AvgIpc) is 2.55. The van der Waals surface area contributed by atoms with Gasteiger partial charge in [0, 0.05) is 6.07 Å². The molecule has 2 aromatic rings. The average molecular weight is 326 g/mol. The lowest BCUT2D eigenvalue weighted by atomic mass is 9.96. The summed E-state index contributed by atoms with van der Waals surface area (Å²) in [5.41, 5.74) is 2.52. The fraction of sp³-hybridized carbons (Fsp3) is 0.250. The molecule has 0 radical (unpaired) electrons. The monoisotopic (exact) mass is 326 g/mol. The minimum Gasteiger partial charge on any atom is -0.489 e. The van der Waals surface area contributed by atoms with Crippen LogP contribution in [0.1, 0.15) is 42.3 Å². The highest BCUT2D eigenvalue weighted by atomic mass is 19.1. The van der Waals surface area contributed by atoms with Crippen LogP contribution in [0, 0.1) is 5.82 Å². The fourth-order valence-corrected chi connectivity index (χ4v) is 2.56. The van der Waals surface area contributed by atoms with Gasteiger partial charge in [-0.15, -0.1) is 0 Å². The number of rotatable bonds is 4. The topological polar surface area (TPSA) is 35.5 Å². The van der Waals surface area contributed by atoms with Crippen LogP contribution < -0.4 is 9.47 Å². The highest BCUT2D eigenvalue weighted by Crippen LogP contribution is 2.37. The number of benzene rings is 2. The van der Waals surface area contributed by atoms with Crippen LogP contribution in [0.15, 0.2) is 54.1 Å². The summed E-state index contributed by atoms with van der Waals surface area (Å²) in [6.07, 6.45) is 1.82. The van der Waals surface area contributed by atoms with E-state index < -0.39 is 6.10 Å². The first-order valence-electron chi connectivity index (χ1n) is 7.88. The molecule has 4 heteroatoms. The molecule has 3 nitrogen and oxygen atoms in total. The Morgan fingerprint density at radius 2 is 2.00 bits per heavy atom. The molecule has 1 aliphatic heterocycles. The minimum absolute atomic E-state index is 0.0152. The maximum absolute atomic E-state index is 13.1. The molecule has 0 spiro atoms. The summed E-state index contributed by atoms with van der Waals surface area (Å²) >= 11 is 0. The van der Waals surface area contributed by atoms with E-state index in [-0.39, 0.29) is 18.0 Å². The lowest BCUT2D eigenvalue weighted by molar-refractivity contribution is 0.0849. The number of carbonyl (C=O) groups excluding carboxylic acids is 1. The Balaban J connectivity index is 1.81. The molecule has 124 valence electrons. The summed E-state index contributed by atoms with van der Waals surface area (Å²) in [7, 11) is 0. The van der Waals surface area contributed by atoms with Crippen molar-refractivity contribution in [2.45, 2.75) is 26.4 Å². The SMILES string of the molecule is CC(C)=CCOc1ccc2c(c1)OC(c1ccc(F)cc1)CC2=O. The van der Waals surface area contributed by atoms with Crippen molar-refractivity contribution in [1.29, 1.82) is 0 Å². The van der Waals surface area contributed by atoms with Crippen molar-refractivity contribution >= 4 is 5.78 Å². The third kappa shape index (κ3) is 3.65. The first kappa shape index (κ1) is 16.2. The second-order valence-corrected chi connectivity index (χ2v) is 6.04. The van der Waals surface area contributed by atoms with Gasteiger partial charge in [-0.3, -0.25) is 4.79 Å². The van der Waals surface area contributed by atoms with Crippen molar-refractivity contribution in [1.82, 2.24) is 0 Å². The lowest BCUT2D eigenvalue weighted by Gasteiger charge is -2.26. The van der Waals surface area contributed by atoms with Crippen molar-refractivity contribution in [3.63, 3.8) is 0 Å². The Morgan fingerprint density at radius 1 is 1.25 bits per heavy atom. The molecular formula is C20H19FO3. The van der Waals surface area contributed by atoms with Gasteiger partial charge in [-0.05, 0) is 49.8 Å². The maximum atomic E-state index is 13.1. The fourth-order valence-electron chi connectivity index (χ4n) is 2.56. The van der Waals surface area contributed by atoms with Crippen LogP contribution in [0.4, 0.5) is 4.39 Å². The smallest absolute Gasteiger partial charge is 0.170 e. The van der Waals surface area contributed by atoms with Gasteiger partial charge in [0.2, 0.25) is 0 Å². The van der Waals surface area contributed by atoms with Gasteiger partial charge in [0.25, 0.3) is 0 Å². The largest absolute Gasteiger partial charge is 0.489 e. The first-order valence-corrected chi connectivity index (χ1v) is 7.88. The van der Waals surface area contributed by atoms with Crippen molar-refractivity contribution in [2.75, 3.05) is 6.61 Å². The Bertz CT molecular complexity index is 774. The van der Waals surface area contributed by atoms with E-state index in [9.17, 15) is 9.18 Å². The number of carbonyl (C=O) groups is 1. The van der Waals surface area contributed by atoms with Crippen LogP contribution in [-0.2, 0) is 0 Å². The number of halogens is 1. The number of hydrogen-bond acceptors (Lipinski definition) is 3. The summed E-state index contributed by atoms with van der Waals surface area (Å²) in [4.78, 5) is 12.3. The van der Waals surface area contributed by atoms with E-state index in [4.69, 9.17) is 9.47 Å². The molecule has 1 unspecified atom stereocenters. The quantitative estimate of drug-likeness (QED) is 0.751. The van der Waals surface area contributed by atoms with Crippen molar-refractivity contribution in [3.05, 3.63) is 71.1 Å². The number of ketones is 1. The highest BCUT2D eigenvalue weighted by Gasteiger charge is 2.28. The second-order valence-electron chi connectivity index (χ2n) is 6.04. The Labute approximate surface area is 140 Å². The number of Topliss-reactive ketones (excluding diaryl/α,β-unsaturated/α-hetero) is 1. The molecule has 2 aromatic carbocycles. The molecule has 0 fully saturated rings. The van der Waals surface area contributed by atoms with Crippen LogP contribution >= 0.6 is 0 Å². The molecule has 0 aliphatic carbocycles. The molecule has 0 saturated carbocycles. The first-order chi connectivity index (χ1) is 11.5. The molecule has 1 heterocycles. The van der Waals surface area contributed by atoms with Crippen LogP contribution in [0.2, 0.25) is 0 Å². The molecular weight excluding hydrogens is 307 g/mol. The third-order valence-corrected chi connectivity index (χ3v) is 3.88. The summed E-state index contributed by atoms with van der Waals surface area (Å²) < 4.78 is 24.7. The predicted octanol–water partition coefficient (Wildman–Crippen LogP) is 4.88. The van der Waals surface area contributed by atoms with Crippen molar-refractivity contribution < 1.29 is 18.7 Å². The third-order valence-electron chi connectivity index (χ3n) is 3.88. The van der Waals surface area contributed by atoms with Crippen molar-refractivity contribution in [3.8, 4) is 11.5 Å². The van der Waals surface area contributed by atoms with Crippen molar-refractivity contribution in [2.24, 2.45) is 0 Å². The Kier molecular flexibility index (Phi) is 4.65. The van der Waals surface area contributed by atoms with Gasteiger partial charge in [-0.1, -0.05) is 17.7 Å². The van der Waals surface area contributed by atoms with E-state index in [1.165, 1.54) is 17.7 Å². The molecule has 3 rings (SSSR count). The molecule has 0 bridgehead atoms. The van der Waals surface area contributed by atoms with E-state index in [1.807, 2.05) is 19.9 Å². The van der Waals surface area contributed by atoms with E-state index in [1.54, 1.807) is 30.3 Å². The molecule has 1 atom stereocenters.